The van der Waals surface area contributed by atoms with Crippen LogP contribution < -0.4 is 0 Å². The number of unbranched alkanes of at least 4 members (excludes halogenated alkanes) is 1. The minimum Gasteiger partial charge on any atom is -0.126 e. The maximum Gasteiger partial charge on any atom is 0.338 e. The summed E-state index contributed by atoms with van der Waals surface area (Å²) in [5.74, 6) is 0. The Hall–Kier alpha value is 1.30. The predicted octanol–water partition coefficient (Wildman–Crippen LogP) is 4.11. The summed E-state index contributed by atoms with van der Waals surface area (Å²) in [6.07, 6.45) is 2.55. The summed E-state index contributed by atoms with van der Waals surface area (Å²) in [6, 6.07) is -1.01. The molecule has 67 valence electrons. The molecule has 0 fully saturated rings. The van der Waals surface area contributed by atoms with E-state index in [2.05, 4.69) is 13.5 Å². The molecule has 0 nitrogen and oxygen atoms in total. The van der Waals surface area contributed by atoms with Gasteiger partial charge in [0.1, 0.15) is 0 Å². The van der Waals surface area contributed by atoms with Gasteiger partial charge in [-0.1, -0.05) is 32.4 Å². The summed E-state index contributed by atoms with van der Waals surface area (Å²) in [4.78, 5) is 0. The maximum atomic E-state index is 5.80. The number of hydrogen-bond acceptors (Lipinski definition) is 0. The van der Waals surface area contributed by atoms with Crippen molar-refractivity contribution in [2.75, 3.05) is 0 Å². The van der Waals surface area contributed by atoms with Crippen molar-refractivity contribution in [1.29, 1.82) is 0 Å². The summed E-state index contributed by atoms with van der Waals surface area (Å²) in [5.41, 5.74) is 0.905. The molecule has 0 bridgehead atoms. The van der Waals surface area contributed by atoms with Crippen LogP contribution in [0, 0.1) is 0 Å². The highest BCUT2D eigenvalue weighted by Crippen LogP contribution is 2.27. The van der Waals surface area contributed by atoms with Gasteiger partial charge in [-0.25, -0.2) is 0 Å². The minimum atomic E-state index is -2.31. The molecular formula is C6H14Cl3Si2. The summed E-state index contributed by atoms with van der Waals surface area (Å²) < 4.78 is 0. The first-order valence-corrected chi connectivity index (χ1v) is 11.5. The van der Waals surface area contributed by atoms with E-state index in [1.165, 1.54) is 18.9 Å². The van der Waals surface area contributed by atoms with Crippen molar-refractivity contribution in [3.8, 4) is 0 Å². The minimum absolute atomic E-state index is 0.344. The molecule has 0 aliphatic rings. The van der Waals surface area contributed by atoms with E-state index in [1.807, 2.05) is 0 Å². The Morgan fingerprint density at radius 2 is 1.82 bits per heavy atom. The lowest BCUT2D eigenvalue weighted by Crippen LogP contribution is -2.20. The van der Waals surface area contributed by atoms with Crippen LogP contribution in [0.25, 0.3) is 0 Å². The number of rotatable bonds is 5. The number of hydrogen-bond donors (Lipinski definition) is 0. The lowest BCUT2D eigenvalue weighted by Gasteiger charge is -2.12. The lowest BCUT2D eigenvalue weighted by atomic mass is 10.4. The van der Waals surface area contributed by atoms with E-state index >= 15 is 0 Å². The lowest BCUT2D eigenvalue weighted by molar-refractivity contribution is 0.874. The highest BCUT2D eigenvalue weighted by molar-refractivity contribution is 7.66. The SMILES string of the molecule is CCCC[Si](C)C[Si](Cl)(Cl)Cl. The molecule has 0 aromatic heterocycles. The average Bonchev–Trinajstić information content (AvgIpc) is 1.79. The summed E-state index contributed by atoms with van der Waals surface area (Å²) in [7, 11) is -0.344. The Morgan fingerprint density at radius 1 is 1.27 bits per heavy atom. The molecule has 0 aromatic carbocycles. The summed E-state index contributed by atoms with van der Waals surface area (Å²) in [6.45, 7) is 4.46. The molecule has 0 spiro atoms. The molecule has 0 N–H and O–H groups in total. The van der Waals surface area contributed by atoms with E-state index in [1.54, 1.807) is 0 Å². The predicted molar refractivity (Wildman–Crippen MR) is 59.5 cm³/mol. The molecule has 0 rings (SSSR count). The molecule has 0 aliphatic heterocycles. The molecule has 11 heavy (non-hydrogen) atoms. The van der Waals surface area contributed by atoms with Crippen LogP contribution in [0.15, 0.2) is 0 Å². The van der Waals surface area contributed by atoms with Crippen molar-refractivity contribution in [3.05, 3.63) is 0 Å². The highest BCUT2D eigenvalue weighted by Gasteiger charge is 2.27. The van der Waals surface area contributed by atoms with Crippen LogP contribution in [0.5, 0.6) is 0 Å². The Kier molecular flexibility index (Phi) is 6.56. The van der Waals surface area contributed by atoms with Crippen molar-refractivity contribution in [1.82, 2.24) is 0 Å². The molecule has 0 aromatic rings. The van der Waals surface area contributed by atoms with Gasteiger partial charge in [0.05, 0.1) is 0 Å². The van der Waals surface area contributed by atoms with Crippen molar-refractivity contribution < 1.29 is 0 Å². The van der Waals surface area contributed by atoms with Gasteiger partial charge in [0.15, 0.2) is 0 Å². The van der Waals surface area contributed by atoms with Gasteiger partial charge in [0, 0.05) is 8.80 Å². The fraction of sp³-hybridized carbons (Fsp3) is 1.00. The molecular weight excluding hydrogens is 235 g/mol. The third-order valence-electron chi connectivity index (χ3n) is 1.46. The number of halogens is 3. The van der Waals surface area contributed by atoms with Gasteiger partial charge in [-0.15, -0.1) is 33.2 Å². The monoisotopic (exact) mass is 247 g/mol. The second-order valence-corrected chi connectivity index (χ2v) is 15.5. The second kappa shape index (κ2) is 5.87. The fourth-order valence-corrected chi connectivity index (χ4v) is 11.5. The zero-order valence-electron chi connectivity index (χ0n) is 6.96. The highest BCUT2D eigenvalue weighted by atomic mass is 35.8. The van der Waals surface area contributed by atoms with Crippen LogP contribution >= 0.6 is 33.2 Å². The summed E-state index contributed by atoms with van der Waals surface area (Å²) >= 11 is 17.4. The van der Waals surface area contributed by atoms with Crippen molar-refractivity contribution in [2.45, 2.75) is 38.0 Å². The molecule has 5 heteroatoms. The van der Waals surface area contributed by atoms with Crippen LogP contribution in [0.1, 0.15) is 19.8 Å². The van der Waals surface area contributed by atoms with Gasteiger partial charge in [-0.2, -0.15) is 0 Å². The molecule has 0 heterocycles. The zero-order chi connectivity index (χ0) is 8.91. The Bertz CT molecular complexity index is 102. The van der Waals surface area contributed by atoms with E-state index < -0.39 is 6.00 Å². The molecule has 0 amide bonds. The fourth-order valence-electron chi connectivity index (χ4n) is 0.909. The third-order valence-corrected chi connectivity index (χ3v) is 10.3. The van der Waals surface area contributed by atoms with E-state index in [-0.39, 0.29) is 8.80 Å². The van der Waals surface area contributed by atoms with E-state index in [9.17, 15) is 0 Å². The second-order valence-electron chi connectivity index (χ2n) is 2.85. The largest absolute Gasteiger partial charge is 0.338 e. The van der Waals surface area contributed by atoms with Gasteiger partial charge < -0.3 is 0 Å². The summed E-state index contributed by atoms with van der Waals surface area (Å²) in [5, 5.41) is 0. The topological polar surface area (TPSA) is 0 Å². The van der Waals surface area contributed by atoms with E-state index in [0.717, 1.165) is 5.67 Å². The smallest absolute Gasteiger partial charge is 0.126 e. The van der Waals surface area contributed by atoms with Crippen LogP contribution in [0.2, 0.25) is 18.3 Å². The van der Waals surface area contributed by atoms with Gasteiger partial charge in [-0.3, -0.25) is 0 Å². The molecule has 0 saturated carbocycles. The maximum absolute atomic E-state index is 5.80. The van der Waals surface area contributed by atoms with Gasteiger partial charge >= 0.3 is 6.00 Å². The standard InChI is InChI=1S/C6H14Cl3Si2/c1-3-4-5-10(2)6-11(7,8)9/h3-6H2,1-2H3. The van der Waals surface area contributed by atoms with E-state index in [4.69, 9.17) is 33.2 Å². The first-order chi connectivity index (χ1) is 4.95. The zero-order valence-corrected chi connectivity index (χ0v) is 11.2. The Balaban J connectivity index is 3.44. The Labute approximate surface area is 85.9 Å². The first-order valence-electron chi connectivity index (χ1n) is 3.83. The van der Waals surface area contributed by atoms with Gasteiger partial charge in [-0.05, 0) is 5.67 Å². The molecule has 1 radical (unpaired) electrons. The normalized spacial score (nSPS) is 12.5. The average molecular weight is 249 g/mol. The quantitative estimate of drug-likeness (QED) is 0.508. The first kappa shape index (κ1) is 12.3. The van der Waals surface area contributed by atoms with Crippen LogP contribution in [-0.2, 0) is 0 Å². The molecule has 0 aliphatic carbocycles. The van der Waals surface area contributed by atoms with Crippen LogP contribution in [-0.4, -0.2) is 14.8 Å². The van der Waals surface area contributed by atoms with Crippen molar-refractivity contribution >= 4 is 48.0 Å². The Morgan fingerprint density at radius 3 is 2.18 bits per heavy atom. The van der Waals surface area contributed by atoms with E-state index in [0.29, 0.717) is 0 Å². The third kappa shape index (κ3) is 9.22. The van der Waals surface area contributed by atoms with Crippen molar-refractivity contribution in [2.24, 2.45) is 0 Å². The molecule has 0 saturated heterocycles. The van der Waals surface area contributed by atoms with Gasteiger partial charge in [0.25, 0.3) is 0 Å². The van der Waals surface area contributed by atoms with Crippen molar-refractivity contribution in [3.63, 3.8) is 0 Å². The van der Waals surface area contributed by atoms with Gasteiger partial charge in [0.2, 0.25) is 0 Å². The molecule has 0 atom stereocenters. The molecule has 0 unspecified atom stereocenters. The van der Waals surface area contributed by atoms with Crippen LogP contribution in [0.3, 0.4) is 0 Å². The van der Waals surface area contributed by atoms with Crippen LogP contribution in [0.4, 0.5) is 0 Å².